The van der Waals surface area contributed by atoms with Crippen LogP contribution in [0.5, 0.6) is 0 Å². The maximum atomic E-state index is 13.8. The van der Waals surface area contributed by atoms with Crippen LogP contribution >= 0.6 is 23.2 Å². The maximum absolute atomic E-state index is 13.8. The largest absolute Gasteiger partial charge is 0.355 e. The van der Waals surface area contributed by atoms with Crippen LogP contribution in [0.2, 0.25) is 10.0 Å². The summed E-state index contributed by atoms with van der Waals surface area (Å²) in [6, 6.07) is 21.2. The van der Waals surface area contributed by atoms with Gasteiger partial charge in [-0.25, -0.2) is 8.42 Å². The van der Waals surface area contributed by atoms with Gasteiger partial charge < -0.3 is 10.2 Å². The van der Waals surface area contributed by atoms with Crippen LogP contribution in [0.3, 0.4) is 0 Å². The number of anilines is 1. The maximum Gasteiger partial charge on any atom is 0.243 e. The molecule has 3 rings (SSSR count). The average Bonchev–Trinajstić information content (AvgIpc) is 2.91. The molecule has 1 N–H and O–H groups in total. The normalized spacial score (nSPS) is 12.0. The molecule has 1 atom stereocenters. The van der Waals surface area contributed by atoms with E-state index in [4.69, 9.17) is 23.2 Å². The first-order chi connectivity index (χ1) is 19.0. The van der Waals surface area contributed by atoms with Crippen LogP contribution in [0.25, 0.3) is 0 Å². The van der Waals surface area contributed by atoms with Gasteiger partial charge in [0, 0.05) is 37.5 Å². The van der Waals surface area contributed by atoms with Gasteiger partial charge in [-0.3, -0.25) is 13.9 Å². The Balaban J connectivity index is 1.89. The summed E-state index contributed by atoms with van der Waals surface area (Å²) in [6.07, 6.45) is 1.67. The quantitative estimate of drug-likeness (QED) is 0.274. The standard InChI is InChI=1S/C30H35Cl2N3O4S/c1-4-33-30(37)28(19-23-12-6-5-7-13-23)34(21-24-14-9-8-11-22(24)2)29(36)15-10-18-35(40(3,38)39)27-20-25(31)16-17-26(27)32/h5-9,11-14,16-17,20,28H,4,10,15,18-19,21H2,1-3H3,(H,33,37)/t28-/m1/s1. The molecule has 0 aliphatic heterocycles. The number of aryl methyl sites for hydroxylation is 1. The highest BCUT2D eigenvalue weighted by atomic mass is 35.5. The summed E-state index contributed by atoms with van der Waals surface area (Å²) in [5, 5.41) is 3.47. The fourth-order valence-electron chi connectivity index (χ4n) is 4.48. The first kappa shape index (κ1) is 31.5. The van der Waals surface area contributed by atoms with E-state index in [1.807, 2.05) is 68.4 Å². The van der Waals surface area contributed by atoms with E-state index < -0.39 is 16.1 Å². The number of rotatable bonds is 13. The molecule has 0 aromatic heterocycles. The molecular formula is C30H35Cl2N3O4S. The zero-order valence-electron chi connectivity index (χ0n) is 22.9. The minimum atomic E-state index is -3.71. The van der Waals surface area contributed by atoms with Crippen molar-refractivity contribution >= 4 is 50.7 Å². The van der Waals surface area contributed by atoms with Crippen molar-refractivity contribution in [3.05, 3.63) is 99.5 Å². The molecule has 2 amide bonds. The number of amides is 2. The number of likely N-dealkylation sites (N-methyl/N-ethyl adjacent to an activating group) is 1. The van der Waals surface area contributed by atoms with Crippen molar-refractivity contribution in [3.8, 4) is 0 Å². The predicted molar refractivity (Wildman–Crippen MR) is 162 cm³/mol. The fourth-order valence-corrected chi connectivity index (χ4v) is 5.88. The summed E-state index contributed by atoms with van der Waals surface area (Å²) in [6.45, 7) is 4.50. The summed E-state index contributed by atoms with van der Waals surface area (Å²) < 4.78 is 26.4. The Morgan fingerprint density at radius 3 is 2.30 bits per heavy atom. The second kappa shape index (κ2) is 14.5. The van der Waals surface area contributed by atoms with Gasteiger partial charge in [0.2, 0.25) is 21.8 Å². The van der Waals surface area contributed by atoms with Gasteiger partial charge in [0.25, 0.3) is 0 Å². The molecule has 3 aromatic carbocycles. The Labute approximate surface area is 247 Å². The van der Waals surface area contributed by atoms with Gasteiger partial charge >= 0.3 is 0 Å². The van der Waals surface area contributed by atoms with Crippen molar-refractivity contribution in [1.29, 1.82) is 0 Å². The highest BCUT2D eigenvalue weighted by molar-refractivity contribution is 7.92. The number of halogens is 2. The molecule has 0 spiro atoms. The van der Waals surface area contributed by atoms with Crippen LogP contribution in [0, 0.1) is 6.92 Å². The molecular weight excluding hydrogens is 569 g/mol. The molecule has 40 heavy (non-hydrogen) atoms. The highest BCUT2D eigenvalue weighted by Crippen LogP contribution is 2.31. The van der Waals surface area contributed by atoms with E-state index in [0.717, 1.165) is 27.3 Å². The molecule has 3 aromatic rings. The van der Waals surface area contributed by atoms with Gasteiger partial charge in [0.15, 0.2) is 0 Å². The number of sulfonamides is 1. The molecule has 10 heteroatoms. The van der Waals surface area contributed by atoms with Crippen LogP contribution in [0.4, 0.5) is 5.69 Å². The number of carbonyl (C=O) groups excluding carboxylic acids is 2. The van der Waals surface area contributed by atoms with Crippen LogP contribution < -0.4 is 9.62 Å². The predicted octanol–water partition coefficient (Wildman–Crippen LogP) is 5.62. The Morgan fingerprint density at radius 1 is 0.975 bits per heavy atom. The number of carbonyl (C=O) groups is 2. The van der Waals surface area contributed by atoms with E-state index in [0.29, 0.717) is 18.0 Å². The lowest BCUT2D eigenvalue weighted by molar-refractivity contribution is -0.141. The van der Waals surface area contributed by atoms with E-state index in [-0.39, 0.29) is 48.5 Å². The number of benzene rings is 3. The molecule has 0 unspecified atom stereocenters. The van der Waals surface area contributed by atoms with Crippen LogP contribution in [0.1, 0.15) is 36.5 Å². The lowest BCUT2D eigenvalue weighted by atomic mass is 10.0. The molecule has 214 valence electrons. The van der Waals surface area contributed by atoms with Gasteiger partial charge in [-0.15, -0.1) is 0 Å². The van der Waals surface area contributed by atoms with Crippen LogP contribution in [-0.4, -0.2) is 50.5 Å². The number of hydrogen-bond acceptors (Lipinski definition) is 4. The summed E-state index contributed by atoms with van der Waals surface area (Å²) in [5.41, 5.74) is 3.13. The van der Waals surface area contributed by atoms with E-state index in [1.165, 1.54) is 12.1 Å². The molecule has 0 aliphatic carbocycles. The van der Waals surface area contributed by atoms with Crippen molar-refractivity contribution in [2.24, 2.45) is 0 Å². The van der Waals surface area contributed by atoms with E-state index in [9.17, 15) is 18.0 Å². The van der Waals surface area contributed by atoms with Crippen molar-refractivity contribution < 1.29 is 18.0 Å². The molecule has 0 aliphatic rings. The van der Waals surface area contributed by atoms with Gasteiger partial charge in [-0.2, -0.15) is 0 Å². The van der Waals surface area contributed by atoms with Crippen molar-refractivity contribution in [2.45, 2.75) is 45.7 Å². The SMILES string of the molecule is CCNC(=O)[C@@H](Cc1ccccc1)N(Cc1ccccc1C)C(=O)CCCN(c1cc(Cl)ccc1Cl)S(C)(=O)=O. The Morgan fingerprint density at radius 2 is 1.65 bits per heavy atom. The number of nitrogens with one attached hydrogen (secondary N) is 1. The minimum absolute atomic E-state index is 0.0212. The first-order valence-electron chi connectivity index (χ1n) is 13.1. The summed E-state index contributed by atoms with van der Waals surface area (Å²) in [5.74, 6) is -0.488. The van der Waals surface area contributed by atoms with Gasteiger partial charge in [0.1, 0.15) is 6.04 Å². The van der Waals surface area contributed by atoms with Gasteiger partial charge in [-0.05, 0) is 55.2 Å². The highest BCUT2D eigenvalue weighted by Gasteiger charge is 2.30. The van der Waals surface area contributed by atoms with Crippen molar-refractivity contribution in [3.63, 3.8) is 0 Å². The Kier molecular flexibility index (Phi) is 11.4. The third kappa shape index (κ3) is 8.71. The molecule has 7 nitrogen and oxygen atoms in total. The lowest BCUT2D eigenvalue weighted by Crippen LogP contribution is -2.50. The third-order valence-electron chi connectivity index (χ3n) is 6.55. The molecule has 0 saturated carbocycles. The Bertz CT molecular complexity index is 1420. The topological polar surface area (TPSA) is 86.8 Å². The summed E-state index contributed by atoms with van der Waals surface area (Å²) in [4.78, 5) is 28.7. The zero-order valence-corrected chi connectivity index (χ0v) is 25.3. The van der Waals surface area contributed by atoms with E-state index >= 15 is 0 Å². The fraction of sp³-hybridized carbons (Fsp3) is 0.333. The molecule has 0 bridgehead atoms. The van der Waals surface area contributed by atoms with Crippen molar-refractivity contribution in [1.82, 2.24) is 10.2 Å². The molecule has 0 radical (unpaired) electrons. The summed E-state index contributed by atoms with van der Waals surface area (Å²) >= 11 is 12.4. The van der Waals surface area contributed by atoms with E-state index in [2.05, 4.69) is 5.32 Å². The lowest BCUT2D eigenvalue weighted by Gasteiger charge is -2.32. The first-order valence-corrected chi connectivity index (χ1v) is 15.7. The molecule has 0 saturated heterocycles. The second-order valence-corrected chi connectivity index (χ2v) is 12.3. The second-order valence-electron chi connectivity index (χ2n) is 9.58. The zero-order chi connectivity index (χ0) is 29.3. The van der Waals surface area contributed by atoms with Gasteiger partial charge in [-0.1, -0.05) is 77.8 Å². The number of nitrogens with zero attached hydrogens (tertiary/aromatic N) is 2. The van der Waals surface area contributed by atoms with E-state index in [1.54, 1.807) is 11.0 Å². The van der Waals surface area contributed by atoms with Crippen molar-refractivity contribution in [2.75, 3.05) is 23.7 Å². The smallest absolute Gasteiger partial charge is 0.243 e. The monoisotopic (exact) mass is 603 g/mol. The van der Waals surface area contributed by atoms with Gasteiger partial charge in [0.05, 0.1) is 17.0 Å². The average molecular weight is 605 g/mol. The summed E-state index contributed by atoms with van der Waals surface area (Å²) in [7, 11) is -3.71. The third-order valence-corrected chi connectivity index (χ3v) is 8.29. The number of hydrogen-bond donors (Lipinski definition) is 1. The minimum Gasteiger partial charge on any atom is -0.355 e. The Hall–Kier alpha value is -3.07. The molecule has 0 heterocycles. The van der Waals surface area contributed by atoms with Crippen LogP contribution in [-0.2, 0) is 32.6 Å². The van der Waals surface area contributed by atoms with Crippen LogP contribution in [0.15, 0.2) is 72.8 Å². The molecule has 0 fully saturated rings.